The van der Waals surface area contributed by atoms with Crippen molar-refractivity contribution in [3.05, 3.63) is 40.5 Å². The summed E-state index contributed by atoms with van der Waals surface area (Å²) in [7, 11) is 1.64. The van der Waals surface area contributed by atoms with Gasteiger partial charge in [0.25, 0.3) is 0 Å². The summed E-state index contributed by atoms with van der Waals surface area (Å²) >= 11 is 0. The van der Waals surface area contributed by atoms with Crippen LogP contribution in [0.2, 0.25) is 0 Å². The van der Waals surface area contributed by atoms with Crippen LogP contribution in [-0.2, 0) is 0 Å². The van der Waals surface area contributed by atoms with Gasteiger partial charge in [-0.2, -0.15) is 0 Å². The van der Waals surface area contributed by atoms with E-state index in [9.17, 15) is 10.1 Å². The Hall–Kier alpha value is -2.04. The molecule has 0 amide bonds. The Labute approximate surface area is 93.9 Å². The van der Waals surface area contributed by atoms with E-state index in [1.165, 1.54) is 0 Å². The summed E-state index contributed by atoms with van der Waals surface area (Å²) in [6, 6.07) is 4.94. The molecular formula is C11H14N2O3. The van der Waals surface area contributed by atoms with Gasteiger partial charge in [0.1, 0.15) is 12.3 Å². The molecule has 1 aromatic carbocycles. The quantitative estimate of drug-likeness (QED) is 0.472. The normalized spacial score (nSPS) is 10.4. The summed E-state index contributed by atoms with van der Waals surface area (Å²) in [6.45, 7) is 2.19. The maximum atomic E-state index is 10.9. The van der Waals surface area contributed by atoms with Gasteiger partial charge in [0.2, 0.25) is 0 Å². The van der Waals surface area contributed by atoms with Gasteiger partial charge < -0.3 is 10.1 Å². The lowest BCUT2D eigenvalue weighted by molar-refractivity contribution is -0.384. The minimum Gasteiger partial charge on any atom is -0.483 e. The Morgan fingerprint density at radius 2 is 2.31 bits per heavy atom. The summed E-state index contributed by atoms with van der Waals surface area (Å²) in [5.74, 6) is 0.273. The van der Waals surface area contributed by atoms with E-state index in [1.807, 2.05) is 13.0 Å². The number of nitrogens with zero attached hydrogens (tertiary/aromatic N) is 1. The third kappa shape index (κ3) is 2.73. The first-order valence-electron chi connectivity index (χ1n) is 4.89. The van der Waals surface area contributed by atoms with E-state index >= 15 is 0 Å². The molecule has 5 nitrogen and oxygen atoms in total. The second-order valence-corrected chi connectivity index (χ2v) is 3.04. The lowest BCUT2D eigenvalue weighted by Gasteiger charge is -2.07. The molecule has 5 heteroatoms. The largest absolute Gasteiger partial charge is 0.483 e. The van der Waals surface area contributed by atoms with Crippen molar-refractivity contribution in [3.63, 3.8) is 0 Å². The van der Waals surface area contributed by atoms with Gasteiger partial charge >= 0.3 is 5.69 Å². The summed E-state index contributed by atoms with van der Waals surface area (Å²) in [4.78, 5) is 10.5. The summed E-state index contributed by atoms with van der Waals surface area (Å²) < 4.78 is 5.31. The van der Waals surface area contributed by atoms with Crippen LogP contribution in [0.5, 0.6) is 5.75 Å². The molecule has 0 atom stereocenters. The molecule has 0 aliphatic rings. The highest BCUT2D eigenvalue weighted by Crippen LogP contribution is 2.34. The van der Waals surface area contributed by atoms with Crippen molar-refractivity contribution in [3.8, 4) is 5.75 Å². The number of hydrogen-bond acceptors (Lipinski definition) is 4. The molecule has 0 fully saturated rings. The van der Waals surface area contributed by atoms with E-state index in [-0.39, 0.29) is 11.4 Å². The van der Waals surface area contributed by atoms with Gasteiger partial charge in [-0.05, 0) is 19.1 Å². The number of nitro benzene ring substituents is 1. The van der Waals surface area contributed by atoms with Crippen molar-refractivity contribution in [1.29, 1.82) is 0 Å². The predicted octanol–water partition coefficient (Wildman–Crippen LogP) is 2.59. The Kier molecular flexibility index (Phi) is 4.32. The van der Waals surface area contributed by atoms with Crippen LogP contribution in [0.15, 0.2) is 30.4 Å². The number of nitrogens with one attached hydrogen (secondary N) is 1. The van der Waals surface area contributed by atoms with Crippen molar-refractivity contribution in [2.24, 2.45) is 0 Å². The summed E-state index contributed by atoms with van der Waals surface area (Å²) in [6.07, 6.45) is 3.61. The molecule has 0 aromatic heterocycles. The number of nitro groups is 1. The molecule has 0 heterocycles. The molecule has 0 spiro atoms. The number of allylic oxidation sites excluding steroid dienone is 1. The van der Waals surface area contributed by atoms with Crippen LogP contribution in [0.1, 0.15) is 6.92 Å². The van der Waals surface area contributed by atoms with E-state index < -0.39 is 4.92 Å². The number of benzene rings is 1. The van der Waals surface area contributed by atoms with Crippen molar-refractivity contribution in [2.75, 3.05) is 19.0 Å². The fourth-order valence-corrected chi connectivity index (χ4v) is 1.26. The molecule has 0 saturated carbocycles. The Balaban J connectivity index is 3.02. The van der Waals surface area contributed by atoms with Crippen molar-refractivity contribution in [2.45, 2.75) is 6.92 Å². The monoisotopic (exact) mass is 222 g/mol. The summed E-state index contributed by atoms with van der Waals surface area (Å²) in [5.41, 5.74) is 0.414. The minimum absolute atomic E-state index is 0.0329. The fraction of sp³-hybridized carbons (Fsp3) is 0.273. The molecule has 16 heavy (non-hydrogen) atoms. The van der Waals surface area contributed by atoms with E-state index in [1.54, 1.807) is 31.3 Å². The van der Waals surface area contributed by atoms with Crippen LogP contribution in [0, 0.1) is 10.1 Å². The van der Waals surface area contributed by atoms with Crippen LogP contribution >= 0.6 is 0 Å². The van der Waals surface area contributed by atoms with Crippen molar-refractivity contribution >= 4 is 11.4 Å². The van der Waals surface area contributed by atoms with Gasteiger partial charge in [-0.25, -0.2) is 0 Å². The average molecular weight is 222 g/mol. The highest BCUT2D eigenvalue weighted by Gasteiger charge is 2.19. The Morgan fingerprint density at radius 3 is 2.88 bits per heavy atom. The molecule has 0 aliphatic heterocycles. The first-order valence-corrected chi connectivity index (χ1v) is 4.89. The molecule has 0 saturated heterocycles. The number of anilines is 1. The topological polar surface area (TPSA) is 64.4 Å². The first kappa shape index (κ1) is 12.0. The van der Waals surface area contributed by atoms with Crippen molar-refractivity contribution in [1.82, 2.24) is 0 Å². The van der Waals surface area contributed by atoms with E-state index in [2.05, 4.69) is 5.32 Å². The van der Waals surface area contributed by atoms with Gasteiger partial charge in [0.15, 0.2) is 5.75 Å². The van der Waals surface area contributed by atoms with Gasteiger partial charge in [-0.1, -0.05) is 18.2 Å². The molecule has 0 aliphatic carbocycles. The molecule has 1 aromatic rings. The van der Waals surface area contributed by atoms with E-state index in [0.29, 0.717) is 12.3 Å². The minimum atomic E-state index is -0.448. The Bertz CT molecular complexity index is 402. The lowest BCUT2D eigenvalue weighted by atomic mass is 10.2. The second-order valence-electron chi connectivity index (χ2n) is 3.04. The number of para-hydroxylation sites is 1. The third-order valence-electron chi connectivity index (χ3n) is 2.02. The SMILES string of the molecule is C/C=C/COc1cccc(NC)c1[N+](=O)[O-]. The van der Waals surface area contributed by atoms with Gasteiger partial charge in [0.05, 0.1) is 4.92 Å². The molecule has 0 radical (unpaired) electrons. The fourth-order valence-electron chi connectivity index (χ4n) is 1.26. The smallest absolute Gasteiger partial charge is 0.333 e. The van der Waals surface area contributed by atoms with Crippen molar-refractivity contribution < 1.29 is 9.66 Å². The van der Waals surface area contributed by atoms with Crippen LogP contribution in [0.4, 0.5) is 11.4 Å². The average Bonchev–Trinajstić information content (AvgIpc) is 2.28. The van der Waals surface area contributed by atoms with Gasteiger partial charge in [-0.3, -0.25) is 10.1 Å². The highest BCUT2D eigenvalue weighted by molar-refractivity contribution is 5.68. The molecule has 0 bridgehead atoms. The molecule has 0 unspecified atom stereocenters. The maximum absolute atomic E-state index is 10.9. The van der Waals surface area contributed by atoms with Gasteiger partial charge in [-0.15, -0.1) is 0 Å². The third-order valence-corrected chi connectivity index (χ3v) is 2.02. The van der Waals surface area contributed by atoms with Crippen LogP contribution in [0.3, 0.4) is 0 Å². The molecular weight excluding hydrogens is 208 g/mol. The number of hydrogen-bond donors (Lipinski definition) is 1. The van der Waals surface area contributed by atoms with Crippen LogP contribution < -0.4 is 10.1 Å². The molecule has 1 rings (SSSR count). The first-order chi connectivity index (χ1) is 7.70. The highest BCUT2D eigenvalue weighted by atomic mass is 16.6. The van der Waals surface area contributed by atoms with Crippen LogP contribution in [0.25, 0.3) is 0 Å². The van der Waals surface area contributed by atoms with Crippen LogP contribution in [-0.4, -0.2) is 18.6 Å². The van der Waals surface area contributed by atoms with Gasteiger partial charge in [0, 0.05) is 7.05 Å². The predicted molar refractivity (Wildman–Crippen MR) is 63.0 cm³/mol. The lowest BCUT2D eigenvalue weighted by Crippen LogP contribution is -2.01. The molecule has 86 valence electrons. The zero-order valence-electron chi connectivity index (χ0n) is 9.27. The number of ether oxygens (including phenoxy) is 1. The van der Waals surface area contributed by atoms with E-state index in [0.717, 1.165) is 0 Å². The standard InChI is InChI=1S/C11H14N2O3/c1-3-4-8-16-10-7-5-6-9(12-2)11(10)13(14)15/h3-7,12H,8H2,1-2H3/b4-3+. The Morgan fingerprint density at radius 1 is 1.56 bits per heavy atom. The number of rotatable bonds is 5. The summed E-state index contributed by atoms with van der Waals surface area (Å²) in [5, 5.41) is 13.7. The second kappa shape index (κ2) is 5.75. The molecule has 1 N–H and O–H groups in total. The maximum Gasteiger partial charge on any atom is 0.333 e. The van der Waals surface area contributed by atoms with E-state index in [4.69, 9.17) is 4.74 Å². The zero-order chi connectivity index (χ0) is 12.0. The zero-order valence-corrected chi connectivity index (χ0v) is 9.27.